The van der Waals surface area contributed by atoms with E-state index in [9.17, 15) is 9.90 Å². The lowest BCUT2D eigenvalue weighted by atomic mass is 10.1. The zero-order valence-corrected chi connectivity index (χ0v) is 9.68. The maximum absolute atomic E-state index is 11.8. The van der Waals surface area contributed by atoms with Crippen LogP contribution in [0.2, 0.25) is 0 Å². The van der Waals surface area contributed by atoms with Crippen LogP contribution in [0.1, 0.15) is 15.9 Å². The van der Waals surface area contributed by atoms with Crippen LogP contribution >= 0.6 is 0 Å². The summed E-state index contributed by atoms with van der Waals surface area (Å²) in [6.07, 6.45) is -0.791. The van der Waals surface area contributed by atoms with E-state index in [1.807, 2.05) is 12.1 Å². The molecular formula is C12H16N2O3. The Kier molecular flexibility index (Phi) is 3.31. The van der Waals surface area contributed by atoms with Gasteiger partial charge in [-0.05, 0) is 12.1 Å². The number of anilines is 1. The Bertz CT molecular complexity index is 434. The van der Waals surface area contributed by atoms with E-state index in [-0.39, 0.29) is 19.1 Å². The molecule has 1 aromatic carbocycles. The van der Waals surface area contributed by atoms with Crippen LogP contribution in [-0.4, -0.2) is 47.3 Å². The fraction of sp³-hybridized carbons (Fsp3) is 0.417. The Morgan fingerprint density at radius 3 is 3.00 bits per heavy atom. The molecule has 5 heteroatoms. The van der Waals surface area contributed by atoms with Gasteiger partial charge in [0.2, 0.25) is 0 Å². The van der Waals surface area contributed by atoms with Crippen molar-refractivity contribution in [3.63, 3.8) is 0 Å². The molecule has 0 aliphatic carbocycles. The topological polar surface area (TPSA) is 72.8 Å². The highest BCUT2D eigenvalue weighted by Crippen LogP contribution is 2.28. The SMILES string of the molecule is CN1Cc2c(NCC(O)CO)cccc2C1=O. The molecule has 0 bridgehead atoms. The minimum atomic E-state index is -0.791. The molecule has 0 saturated carbocycles. The average molecular weight is 236 g/mol. The molecule has 1 aliphatic rings. The predicted octanol–water partition coefficient (Wildman–Crippen LogP) is 0.0373. The lowest BCUT2D eigenvalue weighted by Crippen LogP contribution is -2.23. The summed E-state index contributed by atoms with van der Waals surface area (Å²) < 4.78 is 0. The molecule has 0 fully saturated rings. The lowest BCUT2D eigenvalue weighted by Gasteiger charge is -2.13. The lowest BCUT2D eigenvalue weighted by molar-refractivity contribution is 0.0816. The van der Waals surface area contributed by atoms with Gasteiger partial charge in [-0.25, -0.2) is 0 Å². The molecule has 17 heavy (non-hydrogen) atoms. The summed E-state index contributed by atoms with van der Waals surface area (Å²) in [5.74, 6) is 0.0198. The number of hydrogen-bond acceptors (Lipinski definition) is 4. The van der Waals surface area contributed by atoms with E-state index in [2.05, 4.69) is 5.32 Å². The quantitative estimate of drug-likeness (QED) is 0.690. The second-order valence-corrected chi connectivity index (χ2v) is 4.21. The summed E-state index contributed by atoms with van der Waals surface area (Å²) in [6.45, 7) is 0.568. The minimum absolute atomic E-state index is 0.0198. The van der Waals surface area contributed by atoms with E-state index >= 15 is 0 Å². The number of fused-ring (bicyclic) bond motifs is 1. The third-order valence-corrected chi connectivity index (χ3v) is 2.89. The molecule has 1 atom stereocenters. The molecule has 1 unspecified atom stereocenters. The third-order valence-electron chi connectivity index (χ3n) is 2.89. The van der Waals surface area contributed by atoms with Crippen molar-refractivity contribution < 1.29 is 15.0 Å². The van der Waals surface area contributed by atoms with Gasteiger partial charge in [0.25, 0.3) is 5.91 Å². The minimum Gasteiger partial charge on any atom is -0.394 e. The Morgan fingerprint density at radius 1 is 1.53 bits per heavy atom. The van der Waals surface area contributed by atoms with Gasteiger partial charge < -0.3 is 20.4 Å². The summed E-state index contributed by atoms with van der Waals surface area (Å²) in [7, 11) is 1.76. The van der Waals surface area contributed by atoms with Crippen molar-refractivity contribution in [1.82, 2.24) is 4.90 Å². The van der Waals surface area contributed by atoms with Gasteiger partial charge in [-0.2, -0.15) is 0 Å². The number of benzene rings is 1. The second kappa shape index (κ2) is 4.73. The Morgan fingerprint density at radius 2 is 2.29 bits per heavy atom. The van der Waals surface area contributed by atoms with Crippen LogP contribution < -0.4 is 5.32 Å². The number of aliphatic hydroxyl groups is 2. The van der Waals surface area contributed by atoms with Gasteiger partial charge >= 0.3 is 0 Å². The highest BCUT2D eigenvalue weighted by Gasteiger charge is 2.26. The largest absolute Gasteiger partial charge is 0.394 e. The van der Waals surface area contributed by atoms with Crippen molar-refractivity contribution in [3.8, 4) is 0 Å². The van der Waals surface area contributed by atoms with Gasteiger partial charge in [0.05, 0.1) is 12.7 Å². The van der Waals surface area contributed by atoms with Gasteiger partial charge in [-0.15, -0.1) is 0 Å². The zero-order chi connectivity index (χ0) is 12.4. The van der Waals surface area contributed by atoms with Crippen LogP contribution in [0.4, 0.5) is 5.69 Å². The number of nitrogens with one attached hydrogen (secondary N) is 1. The number of carbonyl (C=O) groups is 1. The van der Waals surface area contributed by atoms with E-state index in [1.165, 1.54) is 0 Å². The van der Waals surface area contributed by atoms with Gasteiger partial charge in [-0.1, -0.05) is 6.07 Å². The van der Waals surface area contributed by atoms with Crippen LogP contribution in [0.3, 0.4) is 0 Å². The van der Waals surface area contributed by atoms with Crippen molar-refractivity contribution in [2.24, 2.45) is 0 Å². The third kappa shape index (κ3) is 2.25. The van der Waals surface area contributed by atoms with Crippen LogP contribution in [0, 0.1) is 0 Å². The molecule has 1 aliphatic heterocycles. The molecule has 0 saturated heterocycles. The van der Waals surface area contributed by atoms with E-state index in [0.29, 0.717) is 12.1 Å². The van der Waals surface area contributed by atoms with Crippen molar-refractivity contribution in [3.05, 3.63) is 29.3 Å². The van der Waals surface area contributed by atoms with Gasteiger partial charge in [0.1, 0.15) is 0 Å². The first-order chi connectivity index (χ1) is 8.13. The molecule has 0 radical (unpaired) electrons. The Balaban J connectivity index is 2.18. The summed E-state index contributed by atoms with van der Waals surface area (Å²) >= 11 is 0. The van der Waals surface area contributed by atoms with E-state index in [0.717, 1.165) is 11.3 Å². The normalized spacial score (nSPS) is 15.9. The zero-order valence-electron chi connectivity index (χ0n) is 9.68. The molecule has 5 nitrogen and oxygen atoms in total. The fourth-order valence-corrected chi connectivity index (χ4v) is 1.93. The first kappa shape index (κ1) is 11.9. The monoisotopic (exact) mass is 236 g/mol. The van der Waals surface area contributed by atoms with Crippen molar-refractivity contribution in [2.45, 2.75) is 12.6 Å². The second-order valence-electron chi connectivity index (χ2n) is 4.21. The highest BCUT2D eigenvalue weighted by molar-refractivity contribution is 5.99. The van der Waals surface area contributed by atoms with E-state index < -0.39 is 6.10 Å². The number of hydrogen-bond donors (Lipinski definition) is 3. The molecule has 0 aromatic heterocycles. The Labute approximate surface area is 99.7 Å². The van der Waals surface area contributed by atoms with Gasteiger partial charge in [-0.3, -0.25) is 4.79 Å². The molecule has 92 valence electrons. The van der Waals surface area contributed by atoms with Gasteiger partial charge in [0, 0.05) is 37.0 Å². The van der Waals surface area contributed by atoms with Crippen LogP contribution in [0.15, 0.2) is 18.2 Å². The van der Waals surface area contributed by atoms with Crippen molar-refractivity contribution >= 4 is 11.6 Å². The van der Waals surface area contributed by atoms with Crippen molar-refractivity contribution in [1.29, 1.82) is 0 Å². The highest BCUT2D eigenvalue weighted by atomic mass is 16.3. The Hall–Kier alpha value is -1.59. The first-order valence-corrected chi connectivity index (χ1v) is 5.53. The van der Waals surface area contributed by atoms with E-state index in [1.54, 1.807) is 18.0 Å². The summed E-state index contributed by atoms with van der Waals surface area (Å²) in [5.41, 5.74) is 2.49. The fourth-order valence-electron chi connectivity index (χ4n) is 1.93. The maximum atomic E-state index is 11.8. The van der Waals surface area contributed by atoms with Crippen molar-refractivity contribution in [2.75, 3.05) is 25.5 Å². The standard InChI is InChI=1S/C12H16N2O3/c1-14-6-10-9(12(14)17)3-2-4-11(10)13-5-8(16)7-15/h2-4,8,13,15-16H,5-7H2,1H3. The van der Waals surface area contributed by atoms with Gasteiger partial charge in [0.15, 0.2) is 0 Å². The predicted molar refractivity (Wildman–Crippen MR) is 63.8 cm³/mol. The number of carbonyl (C=O) groups excluding carboxylic acids is 1. The smallest absolute Gasteiger partial charge is 0.254 e. The first-order valence-electron chi connectivity index (χ1n) is 5.53. The number of rotatable bonds is 4. The average Bonchev–Trinajstić information content (AvgIpc) is 2.63. The maximum Gasteiger partial charge on any atom is 0.254 e. The number of nitrogens with zero attached hydrogens (tertiary/aromatic N) is 1. The van der Waals surface area contributed by atoms with Crippen LogP contribution in [0.25, 0.3) is 0 Å². The molecule has 3 N–H and O–H groups in total. The molecule has 0 spiro atoms. The van der Waals surface area contributed by atoms with E-state index in [4.69, 9.17) is 5.11 Å². The van der Waals surface area contributed by atoms with Crippen LogP contribution in [-0.2, 0) is 6.54 Å². The molecule has 1 amide bonds. The summed E-state index contributed by atoms with van der Waals surface area (Å²) in [6, 6.07) is 5.48. The molecular weight excluding hydrogens is 220 g/mol. The number of aliphatic hydroxyl groups excluding tert-OH is 2. The number of amides is 1. The van der Waals surface area contributed by atoms with Crippen LogP contribution in [0.5, 0.6) is 0 Å². The molecule has 2 rings (SSSR count). The molecule has 1 heterocycles. The summed E-state index contributed by atoms with van der Waals surface area (Å²) in [5, 5.41) is 21.1. The summed E-state index contributed by atoms with van der Waals surface area (Å²) in [4.78, 5) is 13.4. The molecule has 1 aromatic rings.